The Bertz CT molecular complexity index is 112. The van der Waals surface area contributed by atoms with Crippen LogP contribution in [0.1, 0.15) is 6.42 Å². The zero-order chi connectivity index (χ0) is 5.14. The van der Waals surface area contributed by atoms with E-state index >= 15 is 0 Å². The minimum absolute atomic E-state index is 1.17. The van der Waals surface area contributed by atoms with Crippen molar-refractivity contribution in [1.29, 1.82) is 0 Å². The largest absolute Gasteiger partial charge is 0.303 e. The molecule has 4 fully saturated rings. The first-order valence-electron chi connectivity index (χ1n) is 3.67. The van der Waals surface area contributed by atoms with Crippen molar-refractivity contribution in [3.8, 4) is 0 Å². The summed E-state index contributed by atoms with van der Waals surface area (Å²) >= 11 is 0. The van der Waals surface area contributed by atoms with E-state index in [0.29, 0.717) is 0 Å². The fourth-order valence-electron chi connectivity index (χ4n) is 2.68. The van der Waals surface area contributed by atoms with Crippen molar-refractivity contribution in [2.45, 2.75) is 6.42 Å². The smallest absolute Gasteiger partial charge is 0.00158 e. The average molecular weight is 109 g/mol. The molecule has 1 heteroatoms. The molecule has 0 radical (unpaired) electrons. The molecule has 1 saturated carbocycles. The zero-order valence-corrected chi connectivity index (χ0v) is 5.01. The van der Waals surface area contributed by atoms with Crippen LogP contribution >= 0.6 is 0 Å². The lowest BCUT2D eigenvalue weighted by atomic mass is 10.1. The van der Waals surface area contributed by atoms with Crippen LogP contribution in [0.5, 0.6) is 0 Å². The van der Waals surface area contributed by atoms with Crippen molar-refractivity contribution in [3.63, 3.8) is 0 Å². The van der Waals surface area contributed by atoms with Gasteiger partial charge in [-0.25, -0.2) is 0 Å². The van der Waals surface area contributed by atoms with Crippen LogP contribution in [0.3, 0.4) is 0 Å². The average Bonchev–Trinajstić information content (AvgIpc) is 2.38. The predicted molar refractivity (Wildman–Crippen MR) is 31.5 cm³/mol. The summed E-state index contributed by atoms with van der Waals surface area (Å²) in [5.41, 5.74) is 0. The van der Waals surface area contributed by atoms with E-state index in [1.807, 2.05) is 0 Å². The van der Waals surface area contributed by atoms with E-state index in [4.69, 9.17) is 0 Å². The van der Waals surface area contributed by atoms with Gasteiger partial charge in [-0.2, -0.15) is 0 Å². The Labute approximate surface area is 49.7 Å². The molecular formula is C7H11N. The lowest BCUT2D eigenvalue weighted by molar-refractivity contribution is 0.219. The van der Waals surface area contributed by atoms with E-state index in [9.17, 15) is 0 Å². The van der Waals surface area contributed by atoms with Crippen LogP contribution in [0.15, 0.2) is 0 Å². The Balaban J connectivity index is 1.99. The standard InChI is InChI=1S/C7H11N/c1-2-8-3-6-5(1)7(6)4-8/h5-7H,1-4H2. The molecule has 4 bridgehead atoms. The number of hydrogen-bond acceptors (Lipinski definition) is 1. The summed E-state index contributed by atoms with van der Waals surface area (Å²) in [6.45, 7) is 4.32. The van der Waals surface area contributed by atoms with E-state index in [-0.39, 0.29) is 0 Å². The van der Waals surface area contributed by atoms with E-state index < -0.39 is 0 Å². The van der Waals surface area contributed by atoms with Gasteiger partial charge in [-0.05, 0) is 30.7 Å². The van der Waals surface area contributed by atoms with E-state index in [1.165, 1.54) is 43.8 Å². The van der Waals surface area contributed by atoms with Gasteiger partial charge < -0.3 is 4.90 Å². The number of rotatable bonds is 0. The molecule has 0 aromatic heterocycles. The summed E-state index contributed by atoms with van der Waals surface area (Å²) in [6, 6.07) is 0. The quantitative estimate of drug-likeness (QED) is 0.439. The third kappa shape index (κ3) is 0.278. The molecule has 8 heavy (non-hydrogen) atoms. The summed E-state index contributed by atoms with van der Waals surface area (Å²) in [4.78, 5) is 2.62. The Morgan fingerprint density at radius 3 is 2.00 bits per heavy atom. The summed E-state index contributed by atoms with van der Waals surface area (Å²) in [6.07, 6.45) is 1.52. The second kappa shape index (κ2) is 0.971. The first-order valence-corrected chi connectivity index (χ1v) is 3.67. The highest BCUT2D eigenvalue weighted by Crippen LogP contribution is 2.56. The van der Waals surface area contributed by atoms with Crippen LogP contribution in [0, 0.1) is 17.8 Å². The highest BCUT2D eigenvalue weighted by Gasteiger charge is 2.57. The van der Waals surface area contributed by atoms with Crippen molar-refractivity contribution in [3.05, 3.63) is 0 Å². The van der Waals surface area contributed by atoms with Crippen molar-refractivity contribution in [1.82, 2.24) is 4.90 Å². The second-order valence-electron chi connectivity index (χ2n) is 3.54. The molecule has 4 aliphatic rings. The van der Waals surface area contributed by atoms with Gasteiger partial charge in [0.2, 0.25) is 0 Å². The summed E-state index contributed by atoms with van der Waals surface area (Å²) < 4.78 is 0. The summed E-state index contributed by atoms with van der Waals surface area (Å²) in [5.74, 6) is 3.53. The number of fused-ring (bicyclic) bond motifs is 1. The molecule has 1 nitrogen and oxygen atoms in total. The van der Waals surface area contributed by atoms with Gasteiger partial charge in [-0.1, -0.05) is 0 Å². The maximum Gasteiger partial charge on any atom is 0.00158 e. The van der Waals surface area contributed by atoms with Crippen molar-refractivity contribution in [2.24, 2.45) is 17.8 Å². The Hall–Kier alpha value is -0.0400. The monoisotopic (exact) mass is 109 g/mol. The molecule has 0 aromatic carbocycles. The van der Waals surface area contributed by atoms with Gasteiger partial charge in [0.25, 0.3) is 0 Å². The molecule has 2 atom stereocenters. The van der Waals surface area contributed by atoms with Crippen LogP contribution in [0.2, 0.25) is 0 Å². The van der Waals surface area contributed by atoms with Crippen LogP contribution in [-0.4, -0.2) is 24.5 Å². The molecule has 4 rings (SSSR count). The third-order valence-corrected chi connectivity index (χ3v) is 3.23. The topological polar surface area (TPSA) is 3.24 Å². The van der Waals surface area contributed by atoms with Crippen molar-refractivity contribution >= 4 is 0 Å². The second-order valence-corrected chi connectivity index (χ2v) is 3.54. The summed E-state index contributed by atoms with van der Waals surface area (Å²) in [7, 11) is 0. The van der Waals surface area contributed by atoms with Gasteiger partial charge in [0.05, 0.1) is 0 Å². The van der Waals surface area contributed by atoms with Crippen LogP contribution in [0.25, 0.3) is 0 Å². The van der Waals surface area contributed by atoms with E-state index in [0.717, 1.165) is 0 Å². The van der Waals surface area contributed by atoms with Crippen LogP contribution in [-0.2, 0) is 0 Å². The highest BCUT2D eigenvalue weighted by molar-refractivity contribution is 5.08. The molecule has 0 aromatic rings. The van der Waals surface area contributed by atoms with Crippen LogP contribution in [0.4, 0.5) is 0 Å². The van der Waals surface area contributed by atoms with Gasteiger partial charge in [-0.15, -0.1) is 0 Å². The Morgan fingerprint density at radius 2 is 1.75 bits per heavy atom. The lowest BCUT2D eigenvalue weighted by Crippen LogP contribution is -2.31. The number of nitrogens with zero attached hydrogens (tertiary/aromatic N) is 1. The fraction of sp³-hybridized carbons (Fsp3) is 1.00. The normalized spacial score (nSPS) is 66.0. The van der Waals surface area contributed by atoms with Crippen molar-refractivity contribution in [2.75, 3.05) is 19.6 Å². The van der Waals surface area contributed by atoms with E-state index in [1.54, 1.807) is 0 Å². The van der Waals surface area contributed by atoms with Gasteiger partial charge in [-0.3, -0.25) is 0 Å². The number of hydrogen-bond donors (Lipinski definition) is 0. The maximum atomic E-state index is 2.62. The highest BCUT2D eigenvalue weighted by atomic mass is 15.2. The minimum Gasteiger partial charge on any atom is -0.303 e. The molecular weight excluding hydrogens is 98.1 g/mol. The molecule has 0 amide bonds. The predicted octanol–water partition coefficient (Wildman–Crippen LogP) is 0.568. The molecule has 3 aliphatic heterocycles. The molecule has 44 valence electrons. The number of piperidine rings is 3. The maximum absolute atomic E-state index is 2.62. The van der Waals surface area contributed by atoms with Crippen molar-refractivity contribution < 1.29 is 0 Å². The van der Waals surface area contributed by atoms with Gasteiger partial charge in [0.15, 0.2) is 0 Å². The van der Waals surface area contributed by atoms with Crippen LogP contribution < -0.4 is 0 Å². The minimum atomic E-state index is 1.17. The molecule has 3 saturated heterocycles. The summed E-state index contributed by atoms with van der Waals surface area (Å²) in [5, 5.41) is 0. The SMILES string of the molecule is C1CN2CC3C1C3C2. The molecule has 0 N–H and O–H groups in total. The third-order valence-electron chi connectivity index (χ3n) is 3.23. The van der Waals surface area contributed by atoms with Gasteiger partial charge in [0.1, 0.15) is 0 Å². The lowest BCUT2D eigenvalue weighted by Gasteiger charge is -2.25. The first-order chi connectivity index (χ1) is 3.95. The molecule has 3 heterocycles. The molecule has 0 spiro atoms. The fourth-order valence-corrected chi connectivity index (χ4v) is 2.68. The molecule has 2 unspecified atom stereocenters. The van der Waals surface area contributed by atoms with Gasteiger partial charge >= 0.3 is 0 Å². The Morgan fingerprint density at radius 1 is 1.00 bits per heavy atom. The Kier molecular flexibility index (Phi) is 0.472. The zero-order valence-electron chi connectivity index (χ0n) is 5.01. The molecule has 1 aliphatic carbocycles. The van der Waals surface area contributed by atoms with E-state index in [2.05, 4.69) is 4.90 Å². The van der Waals surface area contributed by atoms with Gasteiger partial charge in [0, 0.05) is 13.1 Å². The first kappa shape index (κ1) is 3.89.